The molecule has 2 aromatic carbocycles. The number of rotatable bonds is 6. The van der Waals surface area contributed by atoms with Crippen molar-refractivity contribution in [2.45, 2.75) is 6.92 Å². The van der Waals surface area contributed by atoms with E-state index >= 15 is 0 Å². The van der Waals surface area contributed by atoms with Crippen molar-refractivity contribution in [2.75, 3.05) is 19.0 Å². The minimum Gasteiger partial charge on any atom is -0.490 e. The zero-order chi connectivity index (χ0) is 19.3. The Morgan fingerprint density at radius 3 is 2.58 bits per heavy atom. The molecule has 8 nitrogen and oxygen atoms in total. The molecule has 0 heterocycles. The molecule has 9 heteroatoms. The Morgan fingerprint density at radius 2 is 1.96 bits per heavy atom. The van der Waals surface area contributed by atoms with Crippen LogP contribution in [0, 0.1) is 22.9 Å². The summed E-state index contributed by atoms with van der Waals surface area (Å²) in [6.07, 6.45) is 0. The fourth-order valence-electron chi connectivity index (χ4n) is 2.04. The molecule has 0 aliphatic heterocycles. The van der Waals surface area contributed by atoms with Crippen LogP contribution in [-0.2, 0) is 9.53 Å². The first kappa shape index (κ1) is 18.8. The third-order valence-electron chi connectivity index (χ3n) is 3.40. The lowest BCUT2D eigenvalue weighted by atomic mass is 10.2. The average molecular weight is 362 g/mol. The second kappa shape index (κ2) is 8.06. The molecular weight excluding hydrogens is 347 g/mol. The number of methoxy groups -OCH3 is 1. The summed E-state index contributed by atoms with van der Waals surface area (Å²) in [5.74, 6) is -2.08. The van der Waals surface area contributed by atoms with E-state index in [9.17, 15) is 24.1 Å². The van der Waals surface area contributed by atoms with Crippen molar-refractivity contribution >= 4 is 23.3 Å². The maximum absolute atomic E-state index is 13.4. The van der Waals surface area contributed by atoms with Crippen molar-refractivity contribution in [2.24, 2.45) is 0 Å². The molecule has 0 saturated heterocycles. The molecule has 0 aromatic heterocycles. The number of anilines is 1. The molecule has 0 atom stereocenters. The number of benzene rings is 2. The number of esters is 1. The first-order chi connectivity index (χ1) is 12.3. The molecule has 0 aliphatic carbocycles. The van der Waals surface area contributed by atoms with Crippen LogP contribution in [0.25, 0.3) is 0 Å². The van der Waals surface area contributed by atoms with Gasteiger partial charge in [-0.2, -0.15) is 0 Å². The maximum atomic E-state index is 13.4. The highest BCUT2D eigenvalue weighted by Crippen LogP contribution is 2.27. The molecule has 0 unspecified atom stereocenters. The normalized spacial score (nSPS) is 10.1. The van der Waals surface area contributed by atoms with Gasteiger partial charge in [-0.3, -0.25) is 14.9 Å². The summed E-state index contributed by atoms with van der Waals surface area (Å²) >= 11 is 0. The molecule has 0 aliphatic rings. The molecule has 1 N–H and O–H groups in total. The van der Waals surface area contributed by atoms with E-state index in [1.165, 1.54) is 31.4 Å². The Labute approximate surface area is 147 Å². The molecule has 0 fully saturated rings. The highest BCUT2D eigenvalue weighted by molar-refractivity contribution is 5.95. The molecule has 0 saturated carbocycles. The van der Waals surface area contributed by atoms with Crippen LogP contribution < -0.4 is 10.1 Å². The topological polar surface area (TPSA) is 108 Å². The fraction of sp³-hybridized carbons (Fsp3) is 0.176. The van der Waals surface area contributed by atoms with Gasteiger partial charge in [-0.1, -0.05) is 6.07 Å². The van der Waals surface area contributed by atoms with Crippen LogP contribution in [0.15, 0.2) is 36.4 Å². The molecule has 0 radical (unpaired) electrons. The summed E-state index contributed by atoms with van der Waals surface area (Å²) < 4.78 is 23.1. The quantitative estimate of drug-likeness (QED) is 0.481. The van der Waals surface area contributed by atoms with Gasteiger partial charge in [0.25, 0.3) is 5.91 Å². The van der Waals surface area contributed by atoms with Crippen LogP contribution >= 0.6 is 0 Å². The number of amides is 1. The summed E-state index contributed by atoms with van der Waals surface area (Å²) in [7, 11) is 1.26. The van der Waals surface area contributed by atoms with Crippen LogP contribution in [-0.4, -0.2) is 30.5 Å². The van der Waals surface area contributed by atoms with Crippen LogP contribution in [0.2, 0.25) is 0 Å². The number of ether oxygens (including phenoxy) is 2. The van der Waals surface area contributed by atoms with Gasteiger partial charge in [0.05, 0.1) is 17.6 Å². The van der Waals surface area contributed by atoms with Crippen molar-refractivity contribution in [3.05, 3.63) is 63.5 Å². The van der Waals surface area contributed by atoms with Crippen molar-refractivity contribution in [1.82, 2.24) is 0 Å². The lowest BCUT2D eigenvalue weighted by Gasteiger charge is -2.08. The van der Waals surface area contributed by atoms with Gasteiger partial charge < -0.3 is 14.8 Å². The molecule has 2 rings (SSSR count). The highest BCUT2D eigenvalue weighted by Gasteiger charge is 2.19. The lowest BCUT2D eigenvalue weighted by Crippen LogP contribution is -2.21. The Bertz CT molecular complexity index is 868. The second-order valence-corrected chi connectivity index (χ2v) is 5.23. The summed E-state index contributed by atoms with van der Waals surface area (Å²) in [5.41, 5.74) is 0.137. The Kier molecular flexibility index (Phi) is 5.84. The van der Waals surface area contributed by atoms with Crippen molar-refractivity contribution in [3.63, 3.8) is 0 Å². The minimum atomic E-state index is -0.916. The Hall–Kier alpha value is -3.49. The predicted molar refractivity (Wildman–Crippen MR) is 89.7 cm³/mol. The number of nitro groups is 1. The lowest BCUT2D eigenvalue weighted by molar-refractivity contribution is -0.385. The van der Waals surface area contributed by atoms with E-state index in [0.717, 1.165) is 12.1 Å². The van der Waals surface area contributed by atoms with Gasteiger partial charge in [0.2, 0.25) is 0 Å². The van der Waals surface area contributed by atoms with Crippen LogP contribution in [0.1, 0.15) is 15.9 Å². The van der Waals surface area contributed by atoms with E-state index in [1.54, 1.807) is 6.92 Å². The van der Waals surface area contributed by atoms with Gasteiger partial charge in [-0.05, 0) is 36.8 Å². The zero-order valence-corrected chi connectivity index (χ0v) is 13.9. The molecule has 0 spiro atoms. The third-order valence-corrected chi connectivity index (χ3v) is 3.40. The molecule has 0 bridgehead atoms. The number of halogens is 1. The fourth-order valence-corrected chi connectivity index (χ4v) is 2.04. The molecule has 26 heavy (non-hydrogen) atoms. The number of aryl methyl sites for hydroxylation is 1. The van der Waals surface area contributed by atoms with Gasteiger partial charge in [0.1, 0.15) is 5.82 Å². The van der Waals surface area contributed by atoms with Crippen molar-refractivity contribution in [3.8, 4) is 5.75 Å². The van der Waals surface area contributed by atoms with Gasteiger partial charge >= 0.3 is 11.7 Å². The Morgan fingerprint density at radius 1 is 1.23 bits per heavy atom. The van der Waals surface area contributed by atoms with E-state index in [1.807, 2.05) is 0 Å². The largest absolute Gasteiger partial charge is 0.490 e. The summed E-state index contributed by atoms with van der Waals surface area (Å²) in [6.45, 7) is 0.949. The number of nitrogens with one attached hydrogen (secondary N) is 1. The van der Waals surface area contributed by atoms with E-state index in [4.69, 9.17) is 9.47 Å². The van der Waals surface area contributed by atoms with E-state index in [0.29, 0.717) is 5.56 Å². The van der Waals surface area contributed by atoms with Gasteiger partial charge in [0.15, 0.2) is 12.4 Å². The standard InChI is InChI=1S/C17H15FN2O6/c1-10-3-5-12(8-13(10)18)19-16(21)9-26-17(22)11-4-6-15(25-2)14(7-11)20(23)24/h3-8H,9H2,1-2H3,(H,19,21). The van der Waals surface area contributed by atoms with Crippen LogP contribution in [0.3, 0.4) is 0 Å². The highest BCUT2D eigenvalue weighted by atomic mass is 19.1. The minimum absolute atomic E-state index is 0.00862. The number of hydrogen-bond acceptors (Lipinski definition) is 6. The average Bonchev–Trinajstić information content (AvgIpc) is 2.62. The smallest absolute Gasteiger partial charge is 0.338 e. The van der Waals surface area contributed by atoms with Crippen molar-refractivity contribution < 1.29 is 28.4 Å². The van der Waals surface area contributed by atoms with Crippen LogP contribution in [0.4, 0.5) is 15.8 Å². The SMILES string of the molecule is COc1ccc(C(=O)OCC(=O)Nc2ccc(C)c(F)c2)cc1[N+](=O)[O-]. The number of nitro benzene ring substituents is 1. The summed E-state index contributed by atoms with van der Waals surface area (Å²) in [4.78, 5) is 34.0. The first-order valence-electron chi connectivity index (χ1n) is 7.37. The number of nitrogens with zero attached hydrogens (tertiary/aromatic N) is 1. The molecule has 136 valence electrons. The third kappa shape index (κ3) is 4.53. The van der Waals surface area contributed by atoms with E-state index in [2.05, 4.69) is 5.32 Å². The molecular formula is C17H15FN2O6. The van der Waals surface area contributed by atoms with Gasteiger partial charge in [-0.15, -0.1) is 0 Å². The number of carbonyl (C=O) groups excluding carboxylic acids is 2. The molecule has 1 amide bonds. The summed E-state index contributed by atoms with van der Waals surface area (Å²) in [6, 6.07) is 7.67. The second-order valence-electron chi connectivity index (χ2n) is 5.23. The van der Waals surface area contributed by atoms with Crippen molar-refractivity contribution in [1.29, 1.82) is 0 Å². The monoisotopic (exact) mass is 362 g/mol. The maximum Gasteiger partial charge on any atom is 0.338 e. The van der Waals surface area contributed by atoms with Gasteiger partial charge in [0, 0.05) is 11.8 Å². The van der Waals surface area contributed by atoms with E-state index in [-0.39, 0.29) is 17.0 Å². The first-order valence-corrected chi connectivity index (χ1v) is 7.37. The Balaban J connectivity index is 1.99. The summed E-state index contributed by atoms with van der Waals surface area (Å²) in [5, 5.41) is 13.3. The predicted octanol–water partition coefficient (Wildman–Crippen LogP) is 2.85. The number of carbonyl (C=O) groups is 2. The van der Waals surface area contributed by atoms with Gasteiger partial charge in [-0.25, -0.2) is 9.18 Å². The zero-order valence-electron chi connectivity index (χ0n) is 13.9. The van der Waals surface area contributed by atoms with E-state index < -0.39 is 34.9 Å². The van der Waals surface area contributed by atoms with Crippen LogP contribution in [0.5, 0.6) is 5.75 Å². The molecule has 2 aromatic rings. The number of hydrogen-bond donors (Lipinski definition) is 1.